The van der Waals surface area contributed by atoms with Crippen molar-refractivity contribution in [3.05, 3.63) is 24.0 Å². The van der Waals surface area contributed by atoms with E-state index in [1.54, 1.807) is 6.07 Å². The highest BCUT2D eigenvalue weighted by atomic mass is 19.1. The summed E-state index contributed by atoms with van der Waals surface area (Å²) in [4.78, 5) is 13.5. The number of aliphatic hydroxyl groups excluding tert-OH is 1. The Morgan fingerprint density at radius 3 is 2.95 bits per heavy atom. The van der Waals surface area contributed by atoms with Crippen LogP contribution >= 0.6 is 0 Å². The summed E-state index contributed by atoms with van der Waals surface area (Å²) in [5.41, 5.74) is 1.15. The van der Waals surface area contributed by atoms with E-state index in [0.717, 1.165) is 0 Å². The number of carbonyl (C=O) groups excluding carboxylic acids is 1. The van der Waals surface area contributed by atoms with Crippen molar-refractivity contribution >= 4 is 17.3 Å². The molecule has 2 N–H and O–H groups in total. The maximum atomic E-state index is 13.3. The molecule has 1 heterocycles. The highest BCUT2D eigenvalue weighted by molar-refractivity contribution is 5.96. The number of nitrogens with zero attached hydrogens (tertiary/aromatic N) is 1. The lowest BCUT2D eigenvalue weighted by Crippen LogP contribution is -2.36. The van der Waals surface area contributed by atoms with Crippen molar-refractivity contribution in [3.63, 3.8) is 0 Å². The molecule has 116 valence electrons. The number of β-amino-alcohol motifs (C(OH)–C–C–N with tert-alkyl or cyclic N) is 1. The summed E-state index contributed by atoms with van der Waals surface area (Å²) in [6.45, 7) is 4.84. The quantitative estimate of drug-likeness (QED) is 0.869. The van der Waals surface area contributed by atoms with E-state index in [4.69, 9.17) is 4.74 Å². The van der Waals surface area contributed by atoms with Gasteiger partial charge in [-0.15, -0.1) is 0 Å². The average molecular weight is 296 g/mol. The topological polar surface area (TPSA) is 61.8 Å². The van der Waals surface area contributed by atoms with Gasteiger partial charge < -0.3 is 20.1 Å². The smallest absolute Gasteiger partial charge is 0.226 e. The normalized spacial score (nSPS) is 16.4. The molecule has 1 unspecified atom stereocenters. The van der Waals surface area contributed by atoms with E-state index in [1.165, 1.54) is 12.1 Å². The SMILES string of the molecule is CC(C)OCC(O)CN1CCC(=O)Nc2cc(F)ccc21. The average Bonchev–Trinajstić information content (AvgIpc) is 2.55. The van der Waals surface area contributed by atoms with Gasteiger partial charge in [-0.05, 0) is 32.0 Å². The first-order chi connectivity index (χ1) is 9.95. The van der Waals surface area contributed by atoms with Gasteiger partial charge in [0, 0.05) is 19.5 Å². The van der Waals surface area contributed by atoms with E-state index in [0.29, 0.717) is 30.9 Å². The molecule has 0 radical (unpaired) electrons. The molecule has 0 spiro atoms. The number of fused-ring (bicyclic) bond motifs is 1. The van der Waals surface area contributed by atoms with Crippen LogP contribution < -0.4 is 10.2 Å². The summed E-state index contributed by atoms with van der Waals surface area (Å²) in [6, 6.07) is 4.26. The van der Waals surface area contributed by atoms with Crippen molar-refractivity contribution in [1.29, 1.82) is 0 Å². The first-order valence-electron chi connectivity index (χ1n) is 7.09. The molecule has 0 saturated carbocycles. The third-order valence-corrected chi connectivity index (χ3v) is 3.24. The van der Waals surface area contributed by atoms with Crippen molar-refractivity contribution in [1.82, 2.24) is 0 Å². The molecule has 0 saturated heterocycles. The van der Waals surface area contributed by atoms with Crippen molar-refractivity contribution in [2.75, 3.05) is 29.9 Å². The molecule has 1 aliphatic heterocycles. The highest BCUT2D eigenvalue weighted by Crippen LogP contribution is 2.29. The molecular weight excluding hydrogens is 275 g/mol. The largest absolute Gasteiger partial charge is 0.389 e. The Bertz CT molecular complexity index is 508. The van der Waals surface area contributed by atoms with Crippen molar-refractivity contribution in [3.8, 4) is 0 Å². The lowest BCUT2D eigenvalue weighted by molar-refractivity contribution is -0.116. The minimum atomic E-state index is -0.668. The van der Waals surface area contributed by atoms with Gasteiger partial charge in [0.05, 0.1) is 30.2 Å². The van der Waals surface area contributed by atoms with Gasteiger partial charge in [0.15, 0.2) is 0 Å². The Kier molecular flexibility index (Phi) is 5.14. The predicted molar refractivity (Wildman–Crippen MR) is 79.0 cm³/mol. The fourth-order valence-electron chi connectivity index (χ4n) is 2.25. The number of benzene rings is 1. The zero-order valence-electron chi connectivity index (χ0n) is 12.3. The minimum Gasteiger partial charge on any atom is -0.389 e. The monoisotopic (exact) mass is 296 g/mol. The molecule has 0 fully saturated rings. The molecule has 1 amide bonds. The maximum absolute atomic E-state index is 13.3. The van der Waals surface area contributed by atoms with E-state index >= 15 is 0 Å². The minimum absolute atomic E-state index is 0.0495. The van der Waals surface area contributed by atoms with Gasteiger partial charge in [0.1, 0.15) is 5.82 Å². The van der Waals surface area contributed by atoms with Crippen molar-refractivity contribution in [2.45, 2.75) is 32.5 Å². The third-order valence-electron chi connectivity index (χ3n) is 3.24. The zero-order chi connectivity index (χ0) is 15.4. The van der Waals surface area contributed by atoms with Crippen LogP contribution in [0.2, 0.25) is 0 Å². The van der Waals surface area contributed by atoms with Crippen LogP contribution in [0.5, 0.6) is 0 Å². The number of nitrogens with one attached hydrogen (secondary N) is 1. The van der Waals surface area contributed by atoms with Gasteiger partial charge >= 0.3 is 0 Å². The Labute approximate surface area is 123 Å². The van der Waals surface area contributed by atoms with Crippen LogP contribution in [0.3, 0.4) is 0 Å². The molecule has 0 aromatic heterocycles. The fraction of sp³-hybridized carbons (Fsp3) is 0.533. The number of carbonyl (C=O) groups is 1. The maximum Gasteiger partial charge on any atom is 0.226 e. The predicted octanol–water partition coefficient (Wildman–Crippen LogP) is 1.76. The van der Waals surface area contributed by atoms with Gasteiger partial charge in [-0.25, -0.2) is 4.39 Å². The standard InChI is InChI=1S/C15H21FN2O3/c1-10(2)21-9-12(19)8-18-6-5-15(20)17-13-7-11(16)3-4-14(13)18/h3-4,7,10,12,19H,5-6,8-9H2,1-2H3,(H,17,20). The molecule has 1 aromatic carbocycles. The Hall–Kier alpha value is -1.66. The number of amides is 1. The molecular formula is C15H21FN2O3. The molecule has 1 atom stereocenters. The van der Waals surface area contributed by atoms with Crippen molar-refractivity contribution < 1.29 is 19.0 Å². The molecule has 21 heavy (non-hydrogen) atoms. The zero-order valence-corrected chi connectivity index (χ0v) is 12.3. The summed E-state index contributed by atoms with van der Waals surface area (Å²) in [6.07, 6.45) is -0.319. The van der Waals surface area contributed by atoms with Crippen LogP contribution in [0.25, 0.3) is 0 Å². The Balaban J connectivity index is 2.11. The van der Waals surface area contributed by atoms with Crippen molar-refractivity contribution in [2.24, 2.45) is 0 Å². The number of halogens is 1. The molecule has 1 aromatic rings. The van der Waals surface area contributed by atoms with Gasteiger partial charge in [-0.2, -0.15) is 0 Å². The van der Waals surface area contributed by atoms with Crippen LogP contribution in [0.4, 0.5) is 15.8 Å². The second kappa shape index (κ2) is 6.87. The van der Waals surface area contributed by atoms with E-state index in [1.807, 2.05) is 18.7 Å². The summed E-state index contributed by atoms with van der Waals surface area (Å²) >= 11 is 0. The number of ether oxygens (including phenoxy) is 1. The molecule has 6 heteroatoms. The number of hydrogen-bond donors (Lipinski definition) is 2. The van der Waals surface area contributed by atoms with Crippen LogP contribution in [-0.4, -0.2) is 42.9 Å². The first-order valence-corrected chi connectivity index (χ1v) is 7.09. The molecule has 2 rings (SSSR count). The summed E-state index contributed by atoms with van der Waals surface area (Å²) in [7, 11) is 0. The van der Waals surface area contributed by atoms with Gasteiger partial charge in [-0.3, -0.25) is 4.79 Å². The molecule has 1 aliphatic rings. The number of aliphatic hydroxyl groups is 1. The highest BCUT2D eigenvalue weighted by Gasteiger charge is 2.21. The van der Waals surface area contributed by atoms with E-state index in [9.17, 15) is 14.3 Å². The van der Waals surface area contributed by atoms with Gasteiger partial charge in [0.2, 0.25) is 5.91 Å². The molecule has 0 aliphatic carbocycles. The van der Waals surface area contributed by atoms with E-state index in [-0.39, 0.29) is 18.6 Å². The second-order valence-corrected chi connectivity index (χ2v) is 5.44. The Morgan fingerprint density at radius 1 is 1.48 bits per heavy atom. The number of hydrogen-bond acceptors (Lipinski definition) is 4. The lowest BCUT2D eigenvalue weighted by Gasteiger charge is -2.27. The second-order valence-electron chi connectivity index (χ2n) is 5.44. The molecule has 0 bridgehead atoms. The summed E-state index contributed by atoms with van der Waals surface area (Å²) < 4.78 is 18.7. The lowest BCUT2D eigenvalue weighted by atomic mass is 10.2. The van der Waals surface area contributed by atoms with E-state index in [2.05, 4.69) is 5.32 Å². The van der Waals surface area contributed by atoms with Gasteiger partial charge in [0.25, 0.3) is 0 Å². The first kappa shape index (κ1) is 15.7. The van der Waals surface area contributed by atoms with Gasteiger partial charge in [-0.1, -0.05) is 0 Å². The third kappa shape index (κ3) is 4.41. The number of rotatable bonds is 5. The van der Waals surface area contributed by atoms with Crippen LogP contribution in [-0.2, 0) is 9.53 Å². The number of anilines is 2. The fourth-order valence-corrected chi connectivity index (χ4v) is 2.25. The Morgan fingerprint density at radius 2 is 2.24 bits per heavy atom. The van der Waals surface area contributed by atoms with Crippen LogP contribution in [0.1, 0.15) is 20.3 Å². The molecule has 5 nitrogen and oxygen atoms in total. The summed E-state index contributed by atoms with van der Waals surface area (Å²) in [5.74, 6) is -0.558. The van der Waals surface area contributed by atoms with Crippen LogP contribution in [0.15, 0.2) is 18.2 Å². The van der Waals surface area contributed by atoms with Crippen LogP contribution in [0, 0.1) is 5.82 Å². The van der Waals surface area contributed by atoms with E-state index < -0.39 is 11.9 Å². The summed E-state index contributed by atoms with van der Waals surface area (Å²) in [5, 5.41) is 12.7.